The summed E-state index contributed by atoms with van der Waals surface area (Å²) in [7, 11) is -3.72. The van der Waals surface area contributed by atoms with Gasteiger partial charge in [0.15, 0.2) is 9.84 Å². The largest absolute Gasteiger partial charge is 0.474 e. The van der Waals surface area contributed by atoms with E-state index in [1.54, 1.807) is 17.0 Å². The smallest absolute Gasteiger partial charge is 0.409 e. The first-order chi connectivity index (χ1) is 24.1. The van der Waals surface area contributed by atoms with Gasteiger partial charge in [-0.1, -0.05) is 26.8 Å². The zero-order valence-electron chi connectivity index (χ0n) is 28.4. The molecule has 2 aromatic rings. The van der Waals surface area contributed by atoms with Crippen LogP contribution in [0.25, 0.3) is 12.2 Å². The van der Waals surface area contributed by atoms with Gasteiger partial charge >= 0.3 is 6.09 Å². The SMILES string of the molecule is CCCS(=O)(=O)C1=C2C=CC(=N2)C=c2ccc([nH]2)=CC2=NC(=CC3(c4cc(OC5CCN(C(=O)OCC(C)C)CC5)ncn4)CC=C1N3)C=C2. The Balaban J connectivity index is 1.23. The number of nitrogens with zero attached hydrogens (tertiary/aromatic N) is 5. The zero-order valence-corrected chi connectivity index (χ0v) is 29.2. The van der Waals surface area contributed by atoms with Crippen LogP contribution in [0.3, 0.4) is 0 Å². The molecule has 8 bridgehead atoms. The highest BCUT2D eigenvalue weighted by Gasteiger charge is 2.40. The summed E-state index contributed by atoms with van der Waals surface area (Å²) >= 11 is 0. The zero-order chi connectivity index (χ0) is 34.9. The van der Waals surface area contributed by atoms with Gasteiger partial charge in [-0.3, -0.25) is 0 Å². The number of aliphatic imine (C=N–C) groups is 2. The number of aromatic nitrogens is 3. The molecule has 2 N–H and O–H groups in total. The van der Waals surface area contributed by atoms with Gasteiger partial charge < -0.3 is 24.7 Å². The van der Waals surface area contributed by atoms with Crippen LogP contribution in [-0.4, -0.2) is 77.3 Å². The molecule has 5 aliphatic heterocycles. The van der Waals surface area contributed by atoms with E-state index in [9.17, 15) is 13.2 Å². The number of hydrogen-bond acceptors (Lipinski definition) is 10. The molecule has 0 aliphatic carbocycles. The van der Waals surface area contributed by atoms with Crippen LogP contribution in [0.4, 0.5) is 4.79 Å². The van der Waals surface area contributed by atoms with E-state index in [-0.39, 0.29) is 28.8 Å². The lowest BCUT2D eigenvalue weighted by atomic mass is 9.91. The van der Waals surface area contributed by atoms with Crippen LogP contribution in [0.5, 0.6) is 5.88 Å². The van der Waals surface area contributed by atoms with Crippen molar-refractivity contribution >= 4 is 39.5 Å². The number of hydrogen-bond donors (Lipinski definition) is 2. The van der Waals surface area contributed by atoms with Crippen molar-refractivity contribution in [3.05, 3.63) is 99.4 Å². The molecule has 1 fully saturated rings. The molecule has 1 unspecified atom stereocenters. The average molecular weight is 696 g/mol. The Hall–Kier alpha value is -5.04. The summed E-state index contributed by atoms with van der Waals surface area (Å²) in [5.74, 6) is 0.649. The van der Waals surface area contributed by atoms with Crippen molar-refractivity contribution < 1.29 is 22.7 Å². The molecule has 50 heavy (non-hydrogen) atoms. The lowest BCUT2D eigenvalue weighted by Gasteiger charge is -2.32. The third-order valence-electron chi connectivity index (χ3n) is 8.95. The summed E-state index contributed by atoms with van der Waals surface area (Å²) in [6, 6.07) is 5.72. The highest BCUT2D eigenvalue weighted by molar-refractivity contribution is 7.95. The van der Waals surface area contributed by atoms with Gasteiger partial charge in [-0.25, -0.2) is 33.2 Å². The molecule has 260 valence electrons. The van der Waals surface area contributed by atoms with E-state index in [0.29, 0.717) is 79.8 Å². The number of likely N-dealkylation sites (tertiary alicyclic amines) is 1. The summed E-state index contributed by atoms with van der Waals surface area (Å²) in [6.45, 7) is 7.31. The number of ether oxygens (including phenoxy) is 2. The molecule has 0 spiro atoms. The standard InChI is InChI=1S/C37H41N7O5S/c1-4-17-50(46,47)35-31-10-9-28(42-31)19-26-6-5-25(40-26)18-27-7-8-29(41-27)21-37(14-11-32(35)43-37)33-20-34(39-23-38-33)49-30-12-15-44(16-13-30)36(45)48-22-24(2)3/h5-11,18-21,23-24,30,40,43H,4,12-17,22H2,1-3H3. The van der Waals surface area contributed by atoms with Gasteiger partial charge in [-0.2, -0.15) is 0 Å². The maximum absolute atomic E-state index is 13.9. The molecule has 1 saturated heterocycles. The normalized spacial score (nSPS) is 21.6. The minimum absolute atomic E-state index is 0.0205. The summed E-state index contributed by atoms with van der Waals surface area (Å²) < 4.78 is 39.5. The van der Waals surface area contributed by atoms with Crippen molar-refractivity contribution in [2.75, 3.05) is 25.4 Å². The third-order valence-corrected chi connectivity index (χ3v) is 10.9. The average Bonchev–Trinajstić information content (AvgIpc) is 3.90. The van der Waals surface area contributed by atoms with Crippen molar-refractivity contribution in [3.63, 3.8) is 0 Å². The number of sulfone groups is 1. The Morgan fingerprint density at radius 2 is 1.78 bits per heavy atom. The van der Waals surface area contributed by atoms with Crippen LogP contribution >= 0.6 is 0 Å². The van der Waals surface area contributed by atoms with Gasteiger partial charge in [0.05, 0.1) is 46.6 Å². The monoisotopic (exact) mass is 695 g/mol. The third kappa shape index (κ3) is 7.14. The van der Waals surface area contributed by atoms with E-state index < -0.39 is 15.4 Å². The molecular formula is C37H41N7O5S. The van der Waals surface area contributed by atoms with E-state index in [1.807, 2.05) is 75.4 Å². The molecule has 0 radical (unpaired) electrons. The molecule has 1 atom stereocenters. The molecule has 0 saturated carbocycles. The molecule has 7 heterocycles. The van der Waals surface area contributed by atoms with E-state index in [2.05, 4.69) is 20.3 Å². The maximum Gasteiger partial charge on any atom is 0.409 e. The Morgan fingerprint density at radius 3 is 2.52 bits per heavy atom. The van der Waals surface area contributed by atoms with Crippen LogP contribution in [0, 0.1) is 5.92 Å². The Labute approximate surface area is 291 Å². The van der Waals surface area contributed by atoms with Crippen molar-refractivity contribution in [2.45, 2.75) is 58.1 Å². The first kappa shape index (κ1) is 33.5. The number of amides is 1. The van der Waals surface area contributed by atoms with Crippen LogP contribution in [0.1, 0.15) is 52.1 Å². The van der Waals surface area contributed by atoms with Gasteiger partial charge in [0.1, 0.15) is 22.9 Å². The fourth-order valence-electron chi connectivity index (χ4n) is 6.54. The van der Waals surface area contributed by atoms with E-state index in [4.69, 9.17) is 19.5 Å². The molecule has 12 nitrogen and oxygen atoms in total. The maximum atomic E-state index is 13.9. The van der Waals surface area contributed by atoms with Gasteiger partial charge in [0.2, 0.25) is 5.88 Å². The Kier molecular flexibility index (Phi) is 9.17. The van der Waals surface area contributed by atoms with E-state index in [1.165, 1.54) is 6.33 Å². The number of piperidine rings is 1. The minimum atomic E-state index is -3.72. The minimum Gasteiger partial charge on any atom is -0.474 e. The molecule has 2 aromatic heterocycles. The summed E-state index contributed by atoms with van der Waals surface area (Å²) in [5, 5.41) is 5.29. The predicted molar refractivity (Wildman–Crippen MR) is 192 cm³/mol. The number of H-pyrrole nitrogens is 1. The van der Waals surface area contributed by atoms with Gasteiger partial charge in [0, 0.05) is 49.1 Å². The van der Waals surface area contributed by atoms with Gasteiger partial charge in [0.25, 0.3) is 0 Å². The Morgan fingerprint density at radius 1 is 1.04 bits per heavy atom. The summed E-state index contributed by atoms with van der Waals surface area (Å²) in [4.78, 5) is 36.5. The molecule has 0 aromatic carbocycles. The van der Waals surface area contributed by atoms with Crippen molar-refractivity contribution in [1.29, 1.82) is 0 Å². The van der Waals surface area contributed by atoms with Crippen molar-refractivity contribution in [1.82, 2.24) is 25.2 Å². The van der Waals surface area contributed by atoms with Crippen molar-refractivity contribution in [3.8, 4) is 5.88 Å². The molecule has 13 heteroatoms. The van der Waals surface area contributed by atoms with Gasteiger partial charge in [-0.15, -0.1) is 0 Å². The fourth-order valence-corrected chi connectivity index (χ4v) is 8.18. The Bertz CT molecular complexity index is 2150. The summed E-state index contributed by atoms with van der Waals surface area (Å²) in [5.41, 5.74) is 2.59. The molecule has 7 rings (SSSR count). The number of nitrogens with one attached hydrogen (secondary N) is 2. The van der Waals surface area contributed by atoms with Crippen LogP contribution in [0.2, 0.25) is 0 Å². The molecular weight excluding hydrogens is 655 g/mol. The number of allylic oxidation sites excluding steroid dienone is 4. The summed E-state index contributed by atoms with van der Waals surface area (Å²) in [6.07, 6.45) is 18.3. The predicted octanol–water partition coefficient (Wildman–Crippen LogP) is 3.73. The highest BCUT2D eigenvalue weighted by atomic mass is 32.2. The number of rotatable bonds is 8. The van der Waals surface area contributed by atoms with E-state index in [0.717, 1.165) is 16.4 Å². The molecule has 5 aliphatic rings. The lowest BCUT2D eigenvalue weighted by Crippen LogP contribution is -2.42. The van der Waals surface area contributed by atoms with Gasteiger partial charge in [-0.05, 0) is 67.0 Å². The number of fused-ring (bicyclic) bond motifs is 6. The molecule has 1 amide bonds. The van der Waals surface area contributed by atoms with Crippen LogP contribution in [0.15, 0.2) is 93.0 Å². The lowest BCUT2D eigenvalue weighted by molar-refractivity contribution is 0.0605. The van der Waals surface area contributed by atoms with E-state index >= 15 is 0 Å². The number of carbonyl (C=O) groups is 1. The second-order valence-electron chi connectivity index (χ2n) is 13.4. The second-order valence-corrected chi connectivity index (χ2v) is 15.5. The quantitative estimate of drug-likeness (QED) is 0.424. The first-order valence-electron chi connectivity index (χ1n) is 17.1. The number of carbonyl (C=O) groups excluding carboxylic acids is 1. The van der Waals surface area contributed by atoms with Crippen LogP contribution < -0.4 is 20.8 Å². The number of aromatic amines is 1. The highest BCUT2D eigenvalue weighted by Crippen LogP contribution is 2.40. The second kappa shape index (κ2) is 13.7. The van der Waals surface area contributed by atoms with Crippen molar-refractivity contribution in [2.24, 2.45) is 15.9 Å². The topological polar surface area (TPSA) is 151 Å². The first-order valence-corrected chi connectivity index (χ1v) is 18.8. The fraction of sp³-hybridized carbons (Fsp3) is 0.378. The van der Waals surface area contributed by atoms with Crippen LogP contribution in [-0.2, 0) is 20.1 Å².